The molecule has 0 bridgehead atoms. The van der Waals surface area contributed by atoms with Crippen LogP contribution in [0.5, 0.6) is 0 Å². The Morgan fingerprint density at radius 1 is 1.07 bits per heavy atom. The van der Waals surface area contributed by atoms with E-state index in [4.69, 9.17) is 9.47 Å². The molecule has 0 amide bonds. The minimum atomic E-state index is 0.110. The SMILES string of the molecule is C[C@@H]1CCC[C@H](OC2CCCCO2)C1. The molecule has 1 saturated heterocycles. The molecule has 82 valence electrons. The van der Waals surface area contributed by atoms with E-state index in [1.807, 2.05) is 0 Å². The normalized spacial score (nSPS) is 39.6. The third-order valence-electron chi connectivity index (χ3n) is 3.37. The zero-order valence-electron chi connectivity index (χ0n) is 9.21. The van der Waals surface area contributed by atoms with Gasteiger partial charge in [-0.15, -0.1) is 0 Å². The van der Waals surface area contributed by atoms with Gasteiger partial charge >= 0.3 is 0 Å². The second-order valence-electron chi connectivity index (χ2n) is 4.83. The van der Waals surface area contributed by atoms with Crippen LogP contribution in [-0.2, 0) is 9.47 Å². The summed E-state index contributed by atoms with van der Waals surface area (Å²) in [6.07, 6.45) is 9.35. The molecule has 0 aromatic heterocycles. The fourth-order valence-electron chi connectivity index (χ4n) is 2.54. The first-order valence-electron chi connectivity index (χ1n) is 6.11. The average Bonchev–Trinajstić information content (AvgIpc) is 2.19. The maximum atomic E-state index is 5.98. The highest BCUT2D eigenvalue weighted by molar-refractivity contribution is 4.71. The van der Waals surface area contributed by atoms with Crippen molar-refractivity contribution in [1.82, 2.24) is 0 Å². The molecular formula is C12H22O2. The molecule has 0 N–H and O–H groups in total. The van der Waals surface area contributed by atoms with Crippen molar-refractivity contribution >= 4 is 0 Å². The third kappa shape index (κ3) is 2.96. The Labute approximate surface area is 87.0 Å². The fourth-order valence-corrected chi connectivity index (χ4v) is 2.54. The molecule has 1 heterocycles. The predicted molar refractivity (Wildman–Crippen MR) is 56.1 cm³/mol. The molecule has 2 nitrogen and oxygen atoms in total. The summed E-state index contributed by atoms with van der Waals surface area (Å²) in [5.41, 5.74) is 0. The lowest BCUT2D eigenvalue weighted by molar-refractivity contribution is -0.195. The Morgan fingerprint density at radius 3 is 2.71 bits per heavy atom. The average molecular weight is 198 g/mol. The van der Waals surface area contributed by atoms with E-state index in [0.29, 0.717) is 6.10 Å². The quantitative estimate of drug-likeness (QED) is 0.678. The van der Waals surface area contributed by atoms with Crippen LogP contribution < -0.4 is 0 Å². The molecule has 0 radical (unpaired) electrons. The van der Waals surface area contributed by atoms with Crippen LogP contribution in [0.2, 0.25) is 0 Å². The highest BCUT2D eigenvalue weighted by Crippen LogP contribution is 2.28. The first-order chi connectivity index (χ1) is 6.84. The van der Waals surface area contributed by atoms with Crippen molar-refractivity contribution in [2.75, 3.05) is 6.61 Å². The summed E-state index contributed by atoms with van der Waals surface area (Å²) in [6.45, 7) is 3.23. The Balaban J connectivity index is 1.72. The predicted octanol–water partition coefficient (Wildman–Crippen LogP) is 3.11. The van der Waals surface area contributed by atoms with Gasteiger partial charge in [-0.2, -0.15) is 0 Å². The monoisotopic (exact) mass is 198 g/mol. The zero-order valence-corrected chi connectivity index (χ0v) is 9.21. The molecule has 1 saturated carbocycles. The van der Waals surface area contributed by atoms with Gasteiger partial charge in [0.2, 0.25) is 0 Å². The molecule has 2 heteroatoms. The van der Waals surface area contributed by atoms with Crippen LogP contribution in [0, 0.1) is 5.92 Å². The molecule has 1 aliphatic heterocycles. The van der Waals surface area contributed by atoms with Crippen LogP contribution in [0.1, 0.15) is 51.9 Å². The van der Waals surface area contributed by atoms with Crippen LogP contribution >= 0.6 is 0 Å². The van der Waals surface area contributed by atoms with E-state index >= 15 is 0 Å². The molecule has 1 unspecified atom stereocenters. The van der Waals surface area contributed by atoms with Crippen LogP contribution in [-0.4, -0.2) is 19.0 Å². The molecule has 2 fully saturated rings. The first kappa shape index (κ1) is 10.4. The van der Waals surface area contributed by atoms with Gasteiger partial charge in [0.1, 0.15) is 0 Å². The number of hydrogen-bond acceptors (Lipinski definition) is 2. The summed E-state index contributed by atoms with van der Waals surface area (Å²) in [5.74, 6) is 0.845. The molecular weight excluding hydrogens is 176 g/mol. The van der Waals surface area contributed by atoms with Gasteiger partial charge in [-0.05, 0) is 38.0 Å². The molecule has 0 aromatic carbocycles. The Bertz CT molecular complexity index is 164. The summed E-state index contributed by atoms with van der Waals surface area (Å²) in [6, 6.07) is 0. The standard InChI is InChI=1S/C12H22O2/c1-10-5-4-6-11(9-10)14-12-7-2-3-8-13-12/h10-12H,2-9H2,1H3/t10-,11+,12?/m1/s1. The topological polar surface area (TPSA) is 18.5 Å². The van der Waals surface area contributed by atoms with Crippen molar-refractivity contribution in [2.24, 2.45) is 5.92 Å². The van der Waals surface area contributed by atoms with Crippen molar-refractivity contribution < 1.29 is 9.47 Å². The highest BCUT2D eigenvalue weighted by atomic mass is 16.7. The summed E-state index contributed by atoms with van der Waals surface area (Å²) >= 11 is 0. The van der Waals surface area contributed by atoms with Crippen molar-refractivity contribution in [2.45, 2.75) is 64.3 Å². The van der Waals surface area contributed by atoms with E-state index in [1.54, 1.807) is 0 Å². The maximum absolute atomic E-state index is 5.98. The van der Waals surface area contributed by atoms with Crippen molar-refractivity contribution in [3.05, 3.63) is 0 Å². The van der Waals surface area contributed by atoms with Crippen molar-refractivity contribution in [3.63, 3.8) is 0 Å². The van der Waals surface area contributed by atoms with Gasteiger partial charge in [-0.25, -0.2) is 0 Å². The molecule has 2 rings (SSSR count). The van der Waals surface area contributed by atoms with Crippen molar-refractivity contribution in [1.29, 1.82) is 0 Å². The van der Waals surface area contributed by atoms with Gasteiger partial charge in [0.25, 0.3) is 0 Å². The lowest BCUT2D eigenvalue weighted by Gasteiger charge is -2.32. The van der Waals surface area contributed by atoms with Gasteiger partial charge < -0.3 is 9.47 Å². The molecule has 1 aliphatic carbocycles. The van der Waals surface area contributed by atoms with Crippen LogP contribution in [0.15, 0.2) is 0 Å². The van der Waals surface area contributed by atoms with E-state index in [9.17, 15) is 0 Å². The molecule has 0 aromatic rings. The minimum Gasteiger partial charge on any atom is -0.353 e. The Hall–Kier alpha value is -0.0800. The smallest absolute Gasteiger partial charge is 0.157 e. The first-order valence-corrected chi connectivity index (χ1v) is 6.11. The van der Waals surface area contributed by atoms with Gasteiger partial charge in [0, 0.05) is 6.61 Å². The van der Waals surface area contributed by atoms with Gasteiger partial charge in [0.15, 0.2) is 6.29 Å². The summed E-state index contributed by atoms with van der Waals surface area (Å²) in [4.78, 5) is 0. The number of rotatable bonds is 2. The Kier molecular flexibility index (Phi) is 3.82. The van der Waals surface area contributed by atoms with Gasteiger partial charge in [0.05, 0.1) is 6.10 Å². The Morgan fingerprint density at radius 2 is 2.00 bits per heavy atom. The van der Waals surface area contributed by atoms with Crippen LogP contribution in [0.25, 0.3) is 0 Å². The summed E-state index contributed by atoms with van der Waals surface area (Å²) in [7, 11) is 0. The van der Waals surface area contributed by atoms with E-state index in [2.05, 4.69) is 6.92 Å². The molecule has 2 aliphatic rings. The van der Waals surface area contributed by atoms with Gasteiger partial charge in [-0.1, -0.05) is 19.8 Å². The second-order valence-corrected chi connectivity index (χ2v) is 4.83. The second kappa shape index (κ2) is 5.13. The molecule has 14 heavy (non-hydrogen) atoms. The van der Waals surface area contributed by atoms with E-state index in [1.165, 1.54) is 38.5 Å². The third-order valence-corrected chi connectivity index (χ3v) is 3.37. The van der Waals surface area contributed by atoms with Gasteiger partial charge in [-0.3, -0.25) is 0 Å². The summed E-state index contributed by atoms with van der Waals surface area (Å²) < 4.78 is 11.6. The minimum absolute atomic E-state index is 0.110. The lowest BCUT2D eigenvalue weighted by Crippen LogP contribution is -2.30. The molecule has 0 spiro atoms. The molecule has 3 atom stereocenters. The van der Waals surface area contributed by atoms with Crippen LogP contribution in [0.4, 0.5) is 0 Å². The zero-order chi connectivity index (χ0) is 9.80. The van der Waals surface area contributed by atoms with Crippen molar-refractivity contribution in [3.8, 4) is 0 Å². The summed E-state index contributed by atoms with van der Waals surface area (Å²) in [5, 5.41) is 0. The maximum Gasteiger partial charge on any atom is 0.157 e. The van der Waals surface area contributed by atoms with E-state index < -0.39 is 0 Å². The van der Waals surface area contributed by atoms with E-state index in [0.717, 1.165) is 18.9 Å². The number of ether oxygens (including phenoxy) is 2. The fraction of sp³-hybridized carbons (Fsp3) is 1.00. The number of hydrogen-bond donors (Lipinski definition) is 0. The largest absolute Gasteiger partial charge is 0.353 e. The lowest BCUT2D eigenvalue weighted by atomic mass is 9.89. The van der Waals surface area contributed by atoms with E-state index in [-0.39, 0.29) is 6.29 Å². The highest BCUT2D eigenvalue weighted by Gasteiger charge is 2.24. The van der Waals surface area contributed by atoms with Crippen LogP contribution in [0.3, 0.4) is 0 Å².